The molecule has 1 heterocycles. The molecule has 0 saturated carbocycles. The number of aromatic nitrogens is 1. The van der Waals surface area contributed by atoms with E-state index in [-0.39, 0.29) is 11.6 Å². The highest BCUT2D eigenvalue weighted by Crippen LogP contribution is 2.31. The maximum absolute atomic E-state index is 13.3. The summed E-state index contributed by atoms with van der Waals surface area (Å²) in [4.78, 5) is 17.1. The molecule has 0 spiro atoms. The van der Waals surface area contributed by atoms with Crippen molar-refractivity contribution in [1.82, 2.24) is 4.98 Å². The molecule has 0 radical (unpaired) electrons. The minimum atomic E-state index is -0.277. The van der Waals surface area contributed by atoms with Crippen LogP contribution in [0.2, 0.25) is 5.02 Å². The van der Waals surface area contributed by atoms with Gasteiger partial charge in [-0.2, -0.15) is 0 Å². The van der Waals surface area contributed by atoms with Gasteiger partial charge in [0.05, 0.1) is 4.91 Å². The molecule has 6 heteroatoms. The molecule has 0 atom stereocenters. The Balaban J connectivity index is 1.70. The third kappa shape index (κ3) is 4.86. The zero-order valence-corrected chi connectivity index (χ0v) is 18.8. The summed E-state index contributed by atoms with van der Waals surface area (Å²) < 4.78 is 14.1. The van der Waals surface area contributed by atoms with Crippen molar-refractivity contribution >= 4 is 62.1 Å². The van der Waals surface area contributed by atoms with E-state index in [1.54, 1.807) is 24.3 Å². The number of hydrogen-bond donors (Lipinski definition) is 1. The van der Waals surface area contributed by atoms with Crippen molar-refractivity contribution < 1.29 is 9.18 Å². The summed E-state index contributed by atoms with van der Waals surface area (Å²) in [5.41, 5.74) is 3.39. The summed E-state index contributed by atoms with van der Waals surface area (Å²) >= 11 is 11.0. The Labute approximate surface area is 191 Å². The van der Waals surface area contributed by atoms with Gasteiger partial charge in [-0.05, 0) is 66.2 Å². The van der Waals surface area contributed by atoms with Crippen LogP contribution in [0.5, 0.6) is 0 Å². The number of thioether (sulfide) groups is 1. The fourth-order valence-corrected chi connectivity index (χ4v) is 4.44. The van der Waals surface area contributed by atoms with Gasteiger partial charge in [0.2, 0.25) is 0 Å². The first kappa shape index (κ1) is 20.9. The minimum Gasteiger partial charge on any atom is -0.361 e. The molecule has 1 aromatic heterocycles. The summed E-state index contributed by atoms with van der Waals surface area (Å²) in [6.45, 7) is 0. The van der Waals surface area contributed by atoms with E-state index >= 15 is 0 Å². The number of carbonyl (C=O) groups is 1. The van der Waals surface area contributed by atoms with Gasteiger partial charge in [-0.3, -0.25) is 4.79 Å². The van der Waals surface area contributed by atoms with Crippen molar-refractivity contribution in [2.45, 2.75) is 5.75 Å². The van der Waals surface area contributed by atoms with Crippen molar-refractivity contribution in [3.63, 3.8) is 0 Å². The zero-order chi connectivity index (χ0) is 21.1. The Kier molecular flexibility index (Phi) is 6.42. The first-order chi connectivity index (χ1) is 14.5. The van der Waals surface area contributed by atoms with Gasteiger partial charge in [0, 0.05) is 43.5 Å². The molecule has 1 N–H and O–H groups in total. The number of carbonyl (C=O) groups excluding carboxylic acids is 1. The van der Waals surface area contributed by atoms with Crippen LogP contribution in [0, 0.1) is 5.82 Å². The number of ketones is 1. The molecule has 0 bridgehead atoms. The van der Waals surface area contributed by atoms with Crippen LogP contribution in [0.25, 0.3) is 17.0 Å². The maximum atomic E-state index is 13.3. The molecule has 0 aliphatic carbocycles. The first-order valence-corrected chi connectivity index (χ1v) is 11.3. The molecule has 0 unspecified atom stereocenters. The molecule has 2 nitrogen and oxygen atoms in total. The van der Waals surface area contributed by atoms with Gasteiger partial charge in [0.1, 0.15) is 5.82 Å². The lowest BCUT2D eigenvalue weighted by Crippen LogP contribution is -2.01. The lowest BCUT2D eigenvalue weighted by Gasteiger charge is -2.08. The van der Waals surface area contributed by atoms with E-state index < -0.39 is 0 Å². The van der Waals surface area contributed by atoms with E-state index in [0.29, 0.717) is 21.2 Å². The van der Waals surface area contributed by atoms with Gasteiger partial charge in [-0.25, -0.2) is 4.39 Å². The average Bonchev–Trinajstić information content (AvgIpc) is 3.14. The van der Waals surface area contributed by atoms with Gasteiger partial charge in [-0.1, -0.05) is 39.7 Å². The largest absolute Gasteiger partial charge is 0.361 e. The topological polar surface area (TPSA) is 32.9 Å². The second-order valence-electron chi connectivity index (χ2n) is 6.69. The molecule has 0 aliphatic rings. The third-order valence-electron chi connectivity index (χ3n) is 4.60. The molecule has 30 heavy (non-hydrogen) atoms. The van der Waals surface area contributed by atoms with E-state index in [0.717, 1.165) is 26.5 Å². The predicted molar refractivity (Wildman–Crippen MR) is 127 cm³/mol. The Bertz CT molecular complexity index is 1230. The zero-order valence-electron chi connectivity index (χ0n) is 15.7. The van der Waals surface area contributed by atoms with E-state index in [1.165, 1.54) is 23.9 Å². The molecule has 4 rings (SSSR count). The van der Waals surface area contributed by atoms with Crippen LogP contribution in [-0.4, -0.2) is 10.8 Å². The Morgan fingerprint density at radius 3 is 2.53 bits per heavy atom. The number of H-pyrrole nitrogens is 1. The Morgan fingerprint density at radius 1 is 1.07 bits per heavy atom. The average molecular weight is 501 g/mol. The van der Waals surface area contributed by atoms with Gasteiger partial charge < -0.3 is 4.98 Å². The minimum absolute atomic E-state index is 0.0639. The number of aromatic amines is 1. The van der Waals surface area contributed by atoms with Crippen LogP contribution in [0.1, 0.15) is 21.5 Å². The Hall–Kier alpha value is -2.34. The molecule has 3 aromatic carbocycles. The molecule has 4 aromatic rings. The van der Waals surface area contributed by atoms with Crippen molar-refractivity contribution in [1.29, 1.82) is 0 Å². The number of nitrogens with one attached hydrogen (secondary N) is 1. The SMILES string of the molecule is O=C(C(=Cc1c[nH]c2ccc(Cl)cc12)SCc1ccc(F)cc1)c1ccc(Br)cc1. The van der Waals surface area contributed by atoms with Crippen molar-refractivity contribution in [3.8, 4) is 0 Å². The van der Waals surface area contributed by atoms with E-state index in [2.05, 4.69) is 20.9 Å². The van der Waals surface area contributed by atoms with Gasteiger partial charge in [-0.15, -0.1) is 11.8 Å². The molecule has 0 saturated heterocycles. The summed E-state index contributed by atoms with van der Waals surface area (Å²) in [6, 6.07) is 19.2. The molecular weight excluding hydrogens is 485 g/mol. The predicted octanol–water partition coefficient (Wildman–Crippen LogP) is 7.88. The van der Waals surface area contributed by atoms with Crippen LogP contribution in [0.4, 0.5) is 4.39 Å². The second-order valence-corrected chi connectivity index (χ2v) is 9.06. The fraction of sp³-hybridized carbons (Fsp3) is 0.0417. The lowest BCUT2D eigenvalue weighted by molar-refractivity contribution is 0.104. The number of halogens is 3. The number of benzene rings is 3. The number of allylic oxidation sites excluding steroid dienone is 1. The summed E-state index contributed by atoms with van der Waals surface area (Å²) in [5, 5.41) is 1.59. The van der Waals surface area contributed by atoms with Crippen LogP contribution >= 0.6 is 39.3 Å². The van der Waals surface area contributed by atoms with Gasteiger partial charge in [0.25, 0.3) is 0 Å². The fourth-order valence-electron chi connectivity index (χ4n) is 3.03. The molecule has 0 aliphatic heterocycles. The van der Waals surface area contributed by atoms with Crippen molar-refractivity contribution in [2.75, 3.05) is 0 Å². The van der Waals surface area contributed by atoms with E-state index in [9.17, 15) is 9.18 Å². The van der Waals surface area contributed by atoms with Crippen LogP contribution < -0.4 is 0 Å². The quantitative estimate of drug-likeness (QED) is 0.216. The number of rotatable bonds is 6. The summed E-state index contributed by atoms with van der Waals surface area (Å²) in [5.74, 6) is 0.212. The summed E-state index contributed by atoms with van der Waals surface area (Å²) in [6.07, 6.45) is 3.75. The molecule has 0 amide bonds. The van der Waals surface area contributed by atoms with Gasteiger partial charge >= 0.3 is 0 Å². The lowest BCUT2D eigenvalue weighted by atomic mass is 10.1. The van der Waals surface area contributed by atoms with E-state index in [4.69, 9.17) is 11.6 Å². The third-order valence-corrected chi connectivity index (χ3v) is 6.46. The summed E-state index contributed by atoms with van der Waals surface area (Å²) in [7, 11) is 0. The smallest absolute Gasteiger partial charge is 0.199 e. The molecule has 0 fully saturated rings. The highest BCUT2D eigenvalue weighted by molar-refractivity contribution is 9.10. The molecule has 150 valence electrons. The maximum Gasteiger partial charge on any atom is 0.199 e. The Morgan fingerprint density at radius 2 is 1.80 bits per heavy atom. The highest BCUT2D eigenvalue weighted by Gasteiger charge is 2.15. The number of hydrogen-bond acceptors (Lipinski definition) is 2. The highest BCUT2D eigenvalue weighted by atomic mass is 79.9. The second kappa shape index (κ2) is 9.21. The number of Topliss-reactive ketones (excluding diaryl/α,β-unsaturated/α-hetero) is 1. The van der Waals surface area contributed by atoms with E-state index in [1.807, 2.05) is 42.6 Å². The monoisotopic (exact) mass is 499 g/mol. The van der Waals surface area contributed by atoms with Crippen LogP contribution in [0.3, 0.4) is 0 Å². The van der Waals surface area contributed by atoms with Crippen LogP contribution in [0.15, 0.2) is 82.3 Å². The van der Waals surface area contributed by atoms with Gasteiger partial charge in [0.15, 0.2) is 5.78 Å². The first-order valence-electron chi connectivity index (χ1n) is 9.15. The standard InChI is InChI=1S/C24H16BrClFNOS/c25-18-5-3-16(4-6-18)24(29)23(30-14-15-1-8-20(27)9-2-15)11-17-13-28-22-10-7-19(26)12-21(17)22/h1-13,28H,14H2. The normalized spacial score (nSPS) is 11.8. The molecular formula is C24H16BrClFNOS. The van der Waals surface area contributed by atoms with Crippen molar-refractivity contribution in [2.24, 2.45) is 0 Å². The van der Waals surface area contributed by atoms with Crippen LogP contribution in [-0.2, 0) is 5.75 Å². The van der Waals surface area contributed by atoms with Crippen molar-refractivity contribution in [3.05, 3.63) is 110 Å². The number of fused-ring (bicyclic) bond motifs is 1.